The third-order valence-electron chi connectivity index (χ3n) is 2.61. The molecule has 0 saturated carbocycles. The van der Waals surface area contributed by atoms with Crippen LogP contribution in [0.5, 0.6) is 0 Å². The molecule has 0 aromatic rings. The molecule has 0 aliphatic heterocycles. The smallest absolute Gasteiger partial charge is 0.159 e. The van der Waals surface area contributed by atoms with Crippen molar-refractivity contribution in [2.45, 2.75) is 45.8 Å². The third kappa shape index (κ3) is 4.90. The Kier molecular flexibility index (Phi) is 7.04. The Labute approximate surface area is 90.9 Å². The normalized spacial score (nSPS) is 21.8. The second-order valence-electron chi connectivity index (χ2n) is 4.03. The van der Waals surface area contributed by atoms with Gasteiger partial charge in [-0.2, -0.15) is 0 Å². The number of aliphatic hydroxyl groups excluding tert-OH is 3. The summed E-state index contributed by atoms with van der Waals surface area (Å²) in [5.74, 6) is -0.346. The van der Waals surface area contributed by atoms with Crippen LogP contribution in [0.4, 0.5) is 0 Å². The Morgan fingerprint density at radius 2 is 1.73 bits per heavy atom. The summed E-state index contributed by atoms with van der Waals surface area (Å²) in [7, 11) is 0. The maximum Gasteiger partial charge on any atom is 0.159 e. The first kappa shape index (κ1) is 14.8. The van der Waals surface area contributed by atoms with Gasteiger partial charge in [0.15, 0.2) is 6.29 Å². The summed E-state index contributed by atoms with van der Waals surface area (Å²) in [5, 5.41) is 27.6. The maximum absolute atomic E-state index is 9.53. The van der Waals surface area contributed by atoms with Crippen LogP contribution in [0.1, 0.15) is 27.2 Å². The summed E-state index contributed by atoms with van der Waals surface area (Å²) in [6.07, 6.45) is -2.05. The van der Waals surface area contributed by atoms with Gasteiger partial charge in [0.1, 0.15) is 12.3 Å². The summed E-state index contributed by atoms with van der Waals surface area (Å²) in [6.45, 7) is 5.32. The van der Waals surface area contributed by atoms with Gasteiger partial charge in [0.05, 0.1) is 6.61 Å². The molecule has 5 nitrogen and oxygen atoms in total. The summed E-state index contributed by atoms with van der Waals surface area (Å²) < 4.78 is 5.24. The van der Waals surface area contributed by atoms with Crippen LogP contribution in [-0.4, -0.2) is 40.5 Å². The molecule has 0 spiro atoms. The van der Waals surface area contributed by atoms with Crippen LogP contribution in [-0.2, 0) is 4.74 Å². The molecule has 5 atom stereocenters. The molecule has 0 aliphatic rings. The van der Waals surface area contributed by atoms with Crippen molar-refractivity contribution in [1.82, 2.24) is 0 Å². The fourth-order valence-corrected chi connectivity index (χ4v) is 1.17. The van der Waals surface area contributed by atoms with Crippen molar-refractivity contribution in [2.75, 3.05) is 6.61 Å². The van der Waals surface area contributed by atoms with Crippen LogP contribution in [0.3, 0.4) is 0 Å². The quantitative estimate of drug-likeness (QED) is 0.440. The van der Waals surface area contributed by atoms with Gasteiger partial charge in [0.2, 0.25) is 0 Å². The van der Waals surface area contributed by atoms with E-state index in [1.807, 2.05) is 13.8 Å². The Morgan fingerprint density at radius 1 is 1.20 bits per heavy atom. The van der Waals surface area contributed by atoms with Gasteiger partial charge in [-0.15, -0.1) is 0 Å². The Morgan fingerprint density at radius 3 is 2.07 bits per heavy atom. The molecule has 0 aromatic heterocycles. The van der Waals surface area contributed by atoms with Crippen molar-refractivity contribution in [3.8, 4) is 0 Å². The lowest BCUT2D eigenvalue weighted by Gasteiger charge is -2.29. The molecule has 0 radical (unpaired) electrons. The predicted octanol–water partition coefficient (Wildman–Crippen LogP) is -0.358. The fraction of sp³-hybridized carbons (Fsp3) is 1.00. The minimum Gasteiger partial charge on any atom is -0.396 e. The van der Waals surface area contributed by atoms with Gasteiger partial charge in [-0.3, -0.25) is 0 Å². The van der Waals surface area contributed by atoms with E-state index in [4.69, 9.17) is 15.6 Å². The second-order valence-corrected chi connectivity index (χ2v) is 4.03. The van der Waals surface area contributed by atoms with Gasteiger partial charge in [-0.25, -0.2) is 0 Å². The van der Waals surface area contributed by atoms with Gasteiger partial charge in [0.25, 0.3) is 0 Å². The van der Waals surface area contributed by atoms with Gasteiger partial charge in [-0.1, -0.05) is 27.2 Å². The van der Waals surface area contributed by atoms with E-state index in [1.54, 1.807) is 6.92 Å². The largest absolute Gasteiger partial charge is 0.396 e. The third-order valence-corrected chi connectivity index (χ3v) is 2.61. The van der Waals surface area contributed by atoms with Crippen molar-refractivity contribution < 1.29 is 20.1 Å². The van der Waals surface area contributed by atoms with Crippen LogP contribution in [0.25, 0.3) is 0 Å². The molecule has 5 heteroatoms. The SMILES string of the molecule is CCC(C)C(OC(O)C(C)CO)C(N)O. The average molecular weight is 221 g/mol. The number of hydrogen-bond donors (Lipinski definition) is 4. The molecule has 0 aliphatic carbocycles. The van der Waals surface area contributed by atoms with Crippen molar-refractivity contribution in [2.24, 2.45) is 17.6 Å². The molecule has 5 unspecified atom stereocenters. The first-order chi connectivity index (χ1) is 6.93. The van der Waals surface area contributed by atoms with Crippen LogP contribution in [0.15, 0.2) is 0 Å². The summed E-state index contributed by atoms with van der Waals surface area (Å²) in [5.41, 5.74) is 5.36. The van der Waals surface area contributed by atoms with E-state index < -0.39 is 24.5 Å². The fourth-order valence-electron chi connectivity index (χ4n) is 1.17. The lowest BCUT2D eigenvalue weighted by atomic mass is 10.0. The topological polar surface area (TPSA) is 95.9 Å². The maximum atomic E-state index is 9.53. The van der Waals surface area contributed by atoms with E-state index in [9.17, 15) is 10.2 Å². The van der Waals surface area contributed by atoms with E-state index >= 15 is 0 Å². The summed E-state index contributed by atoms with van der Waals surface area (Å²) in [4.78, 5) is 0. The molecule has 0 rings (SSSR count). The van der Waals surface area contributed by atoms with Crippen LogP contribution >= 0.6 is 0 Å². The van der Waals surface area contributed by atoms with Crippen LogP contribution in [0, 0.1) is 11.8 Å². The highest BCUT2D eigenvalue weighted by Crippen LogP contribution is 2.17. The van der Waals surface area contributed by atoms with Crippen molar-refractivity contribution in [3.63, 3.8) is 0 Å². The number of ether oxygens (including phenoxy) is 1. The van der Waals surface area contributed by atoms with Crippen molar-refractivity contribution in [3.05, 3.63) is 0 Å². The molecule has 15 heavy (non-hydrogen) atoms. The lowest BCUT2D eigenvalue weighted by Crippen LogP contribution is -2.44. The highest BCUT2D eigenvalue weighted by atomic mass is 16.6. The average Bonchev–Trinajstić information content (AvgIpc) is 2.22. The molecule has 5 N–H and O–H groups in total. The van der Waals surface area contributed by atoms with Gasteiger partial charge in [-0.05, 0) is 5.92 Å². The molecular weight excluding hydrogens is 198 g/mol. The number of aliphatic hydroxyl groups is 3. The number of rotatable bonds is 7. The van der Waals surface area contributed by atoms with E-state index in [2.05, 4.69) is 0 Å². The zero-order valence-electron chi connectivity index (χ0n) is 9.63. The number of hydrogen-bond acceptors (Lipinski definition) is 5. The minimum atomic E-state index is -1.12. The highest BCUT2D eigenvalue weighted by molar-refractivity contribution is 4.71. The molecule has 92 valence electrons. The molecule has 0 bridgehead atoms. The molecule has 0 heterocycles. The Bertz CT molecular complexity index is 166. The molecular formula is C10H23NO4. The van der Waals surface area contributed by atoms with E-state index in [0.717, 1.165) is 6.42 Å². The molecule has 0 fully saturated rings. The Hall–Kier alpha value is -0.200. The standard InChI is InChI=1S/C10H23NO4/c1-4-6(2)8(9(11)13)15-10(14)7(3)5-12/h6-10,12-14H,4-5,11H2,1-3H3. The second kappa shape index (κ2) is 7.14. The summed E-state index contributed by atoms with van der Waals surface area (Å²) in [6, 6.07) is 0. The van der Waals surface area contributed by atoms with Gasteiger partial charge < -0.3 is 25.8 Å². The van der Waals surface area contributed by atoms with Crippen molar-refractivity contribution >= 4 is 0 Å². The number of nitrogens with two attached hydrogens (primary N) is 1. The highest BCUT2D eigenvalue weighted by Gasteiger charge is 2.27. The minimum absolute atomic E-state index is 0.0468. The zero-order valence-corrected chi connectivity index (χ0v) is 9.63. The van der Waals surface area contributed by atoms with E-state index in [0.29, 0.717) is 0 Å². The van der Waals surface area contributed by atoms with E-state index in [-0.39, 0.29) is 12.5 Å². The molecule has 0 aromatic carbocycles. The monoisotopic (exact) mass is 221 g/mol. The first-order valence-corrected chi connectivity index (χ1v) is 5.32. The van der Waals surface area contributed by atoms with Gasteiger partial charge >= 0.3 is 0 Å². The van der Waals surface area contributed by atoms with Crippen LogP contribution in [0.2, 0.25) is 0 Å². The summed E-state index contributed by atoms with van der Waals surface area (Å²) >= 11 is 0. The first-order valence-electron chi connectivity index (χ1n) is 5.32. The lowest BCUT2D eigenvalue weighted by molar-refractivity contribution is -0.203. The Balaban J connectivity index is 4.28. The molecule has 0 saturated heterocycles. The van der Waals surface area contributed by atoms with Gasteiger partial charge in [0, 0.05) is 5.92 Å². The van der Waals surface area contributed by atoms with E-state index in [1.165, 1.54) is 0 Å². The van der Waals surface area contributed by atoms with Crippen molar-refractivity contribution in [1.29, 1.82) is 0 Å². The zero-order chi connectivity index (χ0) is 12.0. The molecule has 0 amide bonds. The predicted molar refractivity (Wildman–Crippen MR) is 56.8 cm³/mol. The van der Waals surface area contributed by atoms with Crippen LogP contribution < -0.4 is 5.73 Å².